The van der Waals surface area contributed by atoms with E-state index in [4.69, 9.17) is 5.10 Å². The van der Waals surface area contributed by atoms with Gasteiger partial charge in [0, 0.05) is 49.2 Å². The van der Waals surface area contributed by atoms with Gasteiger partial charge in [0.2, 0.25) is 5.91 Å². The molecule has 0 aliphatic carbocycles. The Morgan fingerprint density at radius 2 is 1.97 bits per heavy atom. The van der Waals surface area contributed by atoms with Crippen LogP contribution in [0.25, 0.3) is 22.3 Å². The van der Waals surface area contributed by atoms with E-state index in [1.807, 2.05) is 96.8 Å². The van der Waals surface area contributed by atoms with Crippen LogP contribution in [0.1, 0.15) is 25.0 Å². The zero-order valence-corrected chi connectivity index (χ0v) is 18.7. The second-order valence-electron chi connectivity index (χ2n) is 7.61. The summed E-state index contributed by atoms with van der Waals surface area (Å²) in [6.45, 7) is 4.56. The van der Waals surface area contributed by atoms with E-state index >= 15 is 0 Å². The standard InChI is InChI=1S/C24H25N5OS/c1-18(2)28(16-19-14-25-27(3)15-19)23(30)12-11-20-17-29(21-8-5-4-6-9-21)26-24(20)22-10-7-13-31-22/h4-15,17-18H,16H2,1-3H3/b12-11+. The Hall–Kier alpha value is -3.45. The summed E-state index contributed by atoms with van der Waals surface area (Å²) in [5, 5.41) is 11.0. The van der Waals surface area contributed by atoms with Crippen LogP contribution in [0.2, 0.25) is 0 Å². The lowest BCUT2D eigenvalue weighted by Gasteiger charge is -2.24. The van der Waals surface area contributed by atoms with Gasteiger partial charge >= 0.3 is 0 Å². The molecule has 0 aliphatic rings. The monoisotopic (exact) mass is 431 g/mol. The van der Waals surface area contributed by atoms with Gasteiger partial charge in [-0.25, -0.2) is 4.68 Å². The van der Waals surface area contributed by atoms with Crippen LogP contribution in [0, 0.1) is 0 Å². The lowest BCUT2D eigenvalue weighted by atomic mass is 10.2. The predicted octanol–water partition coefficient (Wildman–Crippen LogP) is 4.78. The highest BCUT2D eigenvalue weighted by Crippen LogP contribution is 2.28. The number of aromatic nitrogens is 4. The molecule has 0 fully saturated rings. The molecule has 0 atom stereocenters. The average Bonchev–Trinajstić information content (AvgIpc) is 3.51. The number of benzene rings is 1. The number of hydrogen-bond donors (Lipinski definition) is 0. The van der Waals surface area contributed by atoms with Crippen molar-refractivity contribution in [2.75, 3.05) is 0 Å². The number of hydrogen-bond acceptors (Lipinski definition) is 4. The number of thiophene rings is 1. The fourth-order valence-corrected chi connectivity index (χ4v) is 4.08. The van der Waals surface area contributed by atoms with Crippen molar-refractivity contribution >= 4 is 23.3 Å². The van der Waals surface area contributed by atoms with Crippen molar-refractivity contribution < 1.29 is 4.79 Å². The highest BCUT2D eigenvalue weighted by Gasteiger charge is 2.17. The van der Waals surface area contributed by atoms with Crippen LogP contribution in [0.3, 0.4) is 0 Å². The molecule has 1 aromatic carbocycles. The van der Waals surface area contributed by atoms with E-state index in [0.717, 1.165) is 27.4 Å². The summed E-state index contributed by atoms with van der Waals surface area (Å²) in [4.78, 5) is 15.9. The van der Waals surface area contributed by atoms with Crippen molar-refractivity contribution in [3.8, 4) is 16.3 Å². The average molecular weight is 432 g/mol. The van der Waals surface area contributed by atoms with Gasteiger partial charge in [-0.15, -0.1) is 11.3 Å². The molecule has 0 N–H and O–H groups in total. The lowest BCUT2D eigenvalue weighted by molar-refractivity contribution is -0.128. The van der Waals surface area contributed by atoms with E-state index in [-0.39, 0.29) is 11.9 Å². The Kier molecular flexibility index (Phi) is 6.13. The molecule has 6 nitrogen and oxygen atoms in total. The fraction of sp³-hybridized carbons (Fsp3) is 0.208. The summed E-state index contributed by atoms with van der Waals surface area (Å²) in [6, 6.07) is 14.1. The summed E-state index contributed by atoms with van der Waals surface area (Å²) in [5.74, 6) is -0.0385. The van der Waals surface area contributed by atoms with Crippen LogP contribution in [-0.4, -0.2) is 36.4 Å². The zero-order chi connectivity index (χ0) is 21.8. The van der Waals surface area contributed by atoms with E-state index in [0.29, 0.717) is 6.54 Å². The van der Waals surface area contributed by atoms with Crippen molar-refractivity contribution in [1.82, 2.24) is 24.5 Å². The second-order valence-corrected chi connectivity index (χ2v) is 8.55. The molecule has 0 unspecified atom stereocenters. The van der Waals surface area contributed by atoms with Gasteiger partial charge in [-0.2, -0.15) is 10.2 Å². The third kappa shape index (κ3) is 4.83. The molecule has 0 spiro atoms. The molecule has 31 heavy (non-hydrogen) atoms. The molecule has 7 heteroatoms. The molecule has 4 aromatic rings. The quantitative estimate of drug-likeness (QED) is 0.396. The molecule has 4 rings (SSSR count). The normalized spacial score (nSPS) is 11.5. The fourth-order valence-electron chi connectivity index (χ4n) is 3.35. The first kappa shape index (κ1) is 20.8. The van der Waals surface area contributed by atoms with E-state index < -0.39 is 0 Å². The maximum atomic E-state index is 13.0. The molecular formula is C24H25N5OS. The zero-order valence-electron chi connectivity index (χ0n) is 17.8. The number of para-hydroxylation sites is 1. The first-order chi connectivity index (χ1) is 15.0. The molecule has 158 valence electrons. The van der Waals surface area contributed by atoms with Crippen LogP contribution in [0.15, 0.2) is 72.5 Å². The molecule has 3 aromatic heterocycles. The minimum absolute atomic E-state index is 0.0385. The summed E-state index contributed by atoms with van der Waals surface area (Å²) in [7, 11) is 1.88. The maximum Gasteiger partial charge on any atom is 0.247 e. The third-order valence-corrected chi connectivity index (χ3v) is 5.82. The van der Waals surface area contributed by atoms with Crippen molar-refractivity contribution in [2.45, 2.75) is 26.4 Å². The third-order valence-electron chi connectivity index (χ3n) is 4.94. The van der Waals surface area contributed by atoms with Gasteiger partial charge in [-0.1, -0.05) is 24.3 Å². The van der Waals surface area contributed by atoms with Crippen molar-refractivity contribution in [3.05, 3.63) is 83.6 Å². The molecule has 0 aliphatic heterocycles. The van der Waals surface area contributed by atoms with E-state index in [1.165, 1.54) is 0 Å². The molecule has 3 heterocycles. The molecule has 0 bridgehead atoms. The Balaban J connectivity index is 1.62. The van der Waals surface area contributed by atoms with E-state index in [2.05, 4.69) is 5.10 Å². The Bertz CT molecular complexity index is 1170. The number of nitrogens with zero attached hydrogens (tertiary/aromatic N) is 5. The minimum Gasteiger partial charge on any atom is -0.332 e. The highest BCUT2D eigenvalue weighted by atomic mass is 32.1. The molecule has 0 saturated heterocycles. The van der Waals surface area contributed by atoms with Gasteiger partial charge in [0.15, 0.2) is 0 Å². The van der Waals surface area contributed by atoms with Crippen LogP contribution in [-0.2, 0) is 18.4 Å². The van der Waals surface area contributed by atoms with Gasteiger partial charge in [0.25, 0.3) is 0 Å². The summed E-state index contributed by atoms with van der Waals surface area (Å²) in [5.41, 5.74) is 3.76. The van der Waals surface area contributed by atoms with Crippen molar-refractivity contribution in [1.29, 1.82) is 0 Å². The number of carbonyl (C=O) groups excluding carboxylic acids is 1. The summed E-state index contributed by atoms with van der Waals surface area (Å²) < 4.78 is 3.61. The van der Waals surface area contributed by atoms with E-state index in [1.54, 1.807) is 28.3 Å². The van der Waals surface area contributed by atoms with Crippen LogP contribution >= 0.6 is 11.3 Å². The van der Waals surface area contributed by atoms with Gasteiger partial charge in [0.05, 0.1) is 16.8 Å². The summed E-state index contributed by atoms with van der Waals surface area (Å²) in [6.07, 6.45) is 9.20. The SMILES string of the molecule is CC(C)N(Cc1cnn(C)c1)C(=O)/C=C/c1cn(-c2ccccc2)nc1-c1cccs1. The van der Waals surface area contributed by atoms with Crippen molar-refractivity contribution in [3.63, 3.8) is 0 Å². The molecule has 1 amide bonds. The number of carbonyl (C=O) groups is 1. The summed E-state index contributed by atoms with van der Waals surface area (Å²) >= 11 is 1.63. The maximum absolute atomic E-state index is 13.0. The van der Waals surface area contributed by atoms with Crippen LogP contribution in [0.5, 0.6) is 0 Å². The second kappa shape index (κ2) is 9.14. The molecule has 0 saturated carbocycles. The first-order valence-corrected chi connectivity index (χ1v) is 11.0. The van der Waals surface area contributed by atoms with Crippen LogP contribution in [0.4, 0.5) is 0 Å². The number of aryl methyl sites for hydroxylation is 1. The van der Waals surface area contributed by atoms with Crippen LogP contribution < -0.4 is 0 Å². The first-order valence-electron chi connectivity index (χ1n) is 10.2. The van der Waals surface area contributed by atoms with Gasteiger partial charge < -0.3 is 4.90 Å². The highest BCUT2D eigenvalue weighted by molar-refractivity contribution is 7.13. The topological polar surface area (TPSA) is 56.0 Å². The van der Waals surface area contributed by atoms with E-state index in [9.17, 15) is 4.79 Å². The minimum atomic E-state index is -0.0385. The Labute approximate surface area is 186 Å². The number of amides is 1. The lowest BCUT2D eigenvalue weighted by Crippen LogP contribution is -2.35. The van der Waals surface area contributed by atoms with Gasteiger partial charge in [-0.3, -0.25) is 9.48 Å². The predicted molar refractivity (Wildman–Crippen MR) is 125 cm³/mol. The molecular weight excluding hydrogens is 406 g/mol. The number of rotatable bonds is 7. The molecule has 0 radical (unpaired) electrons. The largest absolute Gasteiger partial charge is 0.332 e. The Morgan fingerprint density at radius 3 is 2.61 bits per heavy atom. The smallest absolute Gasteiger partial charge is 0.247 e. The Morgan fingerprint density at radius 1 is 1.16 bits per heavy atom. The van der Waals surface area contributed by atoms with Gasteiger partial charge in [0.1, 0.15) is 5.69 Å². The van der Waals surface area contributed by atoms with Crippen molar-refractivity contribution in [2.24, 2.45) is 7.05 Å². The van der Waals surface area contributed by atoms with Gasteiger partial charge in [-0.05, 0) is 43.5 Å².